The molecule has 0 saturated heterocycles. The van der Waals surface area contributed by atoms with E-state index in [0.717, 1.165) is 18.5 Å². The standard InChI is InChI=1S/C13H19NO2S/c1-2-17(15,16)10-9-12-8-7-11-5-3-4-6-13(11)14-12/h3-6,12,14H,2,7-10H2,1H3. The molecule has 0 saturated carbocycles. The summed E-state index contributed by atoms with van der Waals surface area (Å²) in [4.78, 5) is 0. The van der Waals surface area contributed by atoms with E-state index in [4.69, 9.17) is 0 Å². The van der Waals surface area contributed by atoms with Crippen molar-refractivity contribution < 1.29 is 8.42 Å². The Balaban J connectivity index is 1.95. The third-order valence-corrected chi connectivity index (χ3v) is 5.09. The van der Waals surface area contributed by atoms with Crippen molar-refractivity contribution in [3.8, 4) is 0 Å². The number of anilines is 1. The van der Waals surface area contributed by atoms with Crippen LogP contribution >= 0.6 is 0 Å². The lowest BCUT2D eigenvalue weighted by Crippen LogP contribution is -2.28. The van der Waals surface area contributed by atoms with Gasteiger partial charge >= 0.3 is 0 Å². The summed E-state index contributed by atoms with van der Waals surface area (Å²) in [5.41, 5.74) is 2.50. The van der Waals surface area contributed by atoms with Crippen LogP contribution in [0.15, 0.2) is 24.3 Å². The summed E-state index contributed by atoms with van der Waals surface area (Å²) >= 11 is 0. The van der Waals surface area contributed by atoms with Gasteiger partial charge in [-0.3, -0.25) is 0 Å². The first-order valence-corrected chi connectivity index (χ1v) is 7.98. The number of sulfone groups is 1. The third kappa shape index (κ3) is 3.22. The highest BCUT2D eigenvalue weighted by Gasteiger charge is 2.19. The minimum Gasteiger partial charge on any atom is -0.382 e. The topological polar surface area (TPSA) is 46.2 Å². The SMILES string of the molecule is CCS(=O)(=O)CCC1CCc2ccccc2N1. The predicted octanol–water partition coefficient (Wildman–Crippen LogP) is 2.24. The van der Waals surface area contributed by atoms with Crippen LogP contribution in [0.25, 0.3) is 0 Å². The van der Waals surface area contributed by atoms with E-state index in [9.17, 15) is 8.42 Å². The van der Waals surface area contributed by atoms with Crippen LogP contribution in [0.1, 0.15) is 25.3 Å². The van der Waals surface area contributed by atoms with Gasteiger partial charge in [-0.2, -0.15) is 0 Å². The molecule has 0 bridgehead atoms. The average Bonchev–Trinajstić information content (AvgIpc) is 2.36. The van der Waals surface area contributed by atoms with Crippen molar-refractivity contribution in [3.05, 3.63) is 29.8 Å². The van der Waals surface area contributed by atoms with E-state index in [1.807, 2.05) is 12.1 Å². The number of hydrogen-bond acceptors (Lipinski definition) is 3. The maximum atomic E-state index is 11.5. The zero-order valence-corrected chi connectivity index (χ0v) is 11.0. The zero-order valence-electron chi connectivity index (χ0n) is 10.1. The highest BCUT2D eigenvalue weighted by atomic mass is 32.2. The van der Waals surface area contributed by atoms with Crippen LogP contribution in [0.4, 0.5) is 5.69 Å². The molecular weight excluding hydrogens is 234 g/mol. The molecular formula is C13H19NO2S. The Bertz CT molecular complexity index is 482. The maximum absolute atomic E-state index is 11.5. The molecule has 0 aliphatic carbocycles. The van der Waals surface area contributed by atoms with Crippen LogP contribution in [0, 0.1) is 0 Å². The molecule has 1 aliphatic heterocycles. The number of benzene rings is 1. The van der Waals surface area contributed by atoms with Gasteiger partial charge < -0.3 is 5.32 Å². The Morgan fingerprint density at radius 3 is 2.88 bits per heavy atom. The number of para-hydroxylation sites is 1. The zero-order chi connectivity index (χ0) is 12.3. The fraction of sp³-hybridized carbons (Fsp3) is 0.538. The summed E-state index contributed by atoms with van der Waals surface area (Å²) in [5, 5.41) is 3.43. The minimum absolute atomic E-state index is 0.246. The second kappa shape index (κ2) is 5.08. The summed E-state index contributed by atoms with van der Waals surface area (Å²) in [7, 11) is -2.84. The Morgan fingerprint density at radius 2 is 2.12 bits per heavy atom. The molecule has 17 heavy (non-hydrogen) atoms. The summed E-state index contributed by atoms with van der Waals surface area (Å²) < 4.78 is 22.9. The fourth-order valence-electron chi connectivity index (χ4n) is 2.18. The van der Waals surface area contributed by atoms with Crippen molar-refractivity contribution in [2.24, 2.45) is 0 Å². The van der Waals surface area contributed by atoms with E-state index in [1.54, 1.807) is 6.92 Å². The van der Waals surface area contributed by atoms with Gasteiger partial charge in [0.25, 0.3) is 0 Å². The molecule has 1 aliphatic rings. The smallest absolute Gasteiger partial charge is 0.150 e. The molecule has 94 valence electrons. The molecule has 1 heterocycles. The molecule has 1 aromatic carbocycles. The quantitative estimate of drug-likeness (QED) is 0.895. The van der Waals surface area contributed by atoms with Crippen LogP contribution in [-0.2, 0) is 16.3 Å². The van der Waals surface area contributed by atoms with Gasteiger partial charge in [0.15, 0.2) is 0 Å². The largest absolute Gasteiger partial charge is 0.382 e. The Morgan fingerprint density at radius 1 is 1.35 bits per heavy atom. The normalized spacial score (nSPS) is 19.5. The highest BCUT2D eigenvalue weighted by Crippen LogP contribution is 2.25. The van der Waals surface area contributed by atoms with Crippen molar-refractivity contribution in [3.63, 3.8) is 0 Å². The molecule has 0 fully saturated rings. The van der Waals surface area contributed by atoms with Crippen molar-refractivity contribution in [2.75, 3.05) is 16.8 Å². The molecule has 0 aromatic heterocycles. The van der Waals surface area contributed by atoms with E-state index in [-0.39, 0.29) is 5.75 Å². The van der Waals surface area contributed by atoms with Gasteiger partial charge in [-0.1, -0.05) is 25.1 Å². The minimum atomic E-state index is -2.84. The number of hydrogen-bond donors (Lipinski definition) is 1. The molecule has 0 spiro atoms. The monoisotopic (exact) mass is 253 g/mol. The summed E-state index contributed by atoms with van der Waals surface area (Å²) in [6.45, 7) is 1.71. The first-order chi connectivity index (χ1) is 8.11. The lowest BCUT2D eigenvalue weighted by molar-refractivity contribution is 0.576. The van der Waals surface area contributed by atoms with Crippen LogP contribution in [0.3, 0.4) is 0 Å². The van der Waals surface area contributed by atoms with Crippen LogP contribution in [0.5, 0.6) is 0 Å². The molecule has 0 radical (unpaired) electrons. The van der Waals surface area contributed by atoms with E-state index in [2.05, 4.69) is 17.4 Å². The van der Waals surface area contributed by atoms with Crippen LogP contribution in [-0.4, -0.2) is 26.0 Å². The van der Waals surface area contributed by atoms with Gasteiger partial charge in [0, 0.05) is 17.5 Å². The average molecular weight is 253 g/mol. The lowest BCUT2D eigenvalue weighted by Gasteiger charge is -2.26. The van der Waals surface area contributed by atoms with Crippen LogP contribution in [0.2, 0.25) is 0 Å². The number of fused-ring (bicyclic) bond motifs is 1. The highest BCUT2D eigenvalue weighted by molar-refractivity contribution is 7.91. The van der Waals surface area contributed by atoms with E-state index >= 15 is 0 Å². The first-order valence-electron chi connectivity index (χ1n) is 6.15. The lowest BCUT2D eigenvalue weighted by atomic mass is 9.97. The van der Waals surface area contributed by atoms with Gasteiger partial charge in [-0.15, -0.1) is 0 Å². The van der Waals surface area contributed by atoms with Crippen molar-refractivity contribution in [2.45, 2.75) is 32.2 Å². The Hall–Kier alpha value is -1.03. The Labute approximate surface area is 103 Å². The van der Waals surface area contributed by atoms with Crippen molar-refractivity contribution >= 4 is 15.5 Å². The van der Waals surface area contributed by atoms with Gasteiger partial charge in [0.05, 0.1) is 5.75 Å². The molecule has 4 heteroatoms. The van der Waals surface area contributed by atoms with Crippen LogP contribution < -0.4 is 5.32 Å². The number of rotatable bonds is 4. The van der Waals surface area contributed by atoms with Crippen molar-refractivity contribution in [1.29, 1.82) is 0 Å². The molecule has 1 atom stereocenters. The van der Waals surface area contributed by atoms with Gasteiger partial charge in [0.2, 0.25) is 0 Å². The van der Waals surface area contributed by atoms with Gasteiger partial charge in [-0.25, -0.2) is 8.42 Å². The fourth-order valence-corrected chi connectivity index (χ4v) is 3.12. The molecule has 0 amide bonds. The number of aryl methyl sites for hydroxylation is 1. The molecule has 1 aromatic rings. The maximum Gasteiger partial charge on any atom is 0.150 e. The second-order valence-corrected chi connectivity index (χ2v) is 7.03. The molecule has 1 unspecified atom stereocenters. The summed E-state index contributed by atoms with van der Waals surface area (Å²) in [5.74, 6) is 0.541. The summed E-state index contributed by atoms with van der Waals surface area (Å²) in [6, 6.07) is 8.54. The molecule has 1 N–H and O–H groups in total. The van der Waals surface area contributed by atoms with E-state index < -0.39 is 9.84 Å². The van der Waals surface area contributed by atoms with Gasteiger partial charge in [0.1, 0.15) is 9.84 Å². The van der Waals surface area contributed by atoms with Gasteiger partial charge in [-0.05, 0) is 30.9 Å². The Kier molecular flexibility index (Phi) is 3.72. The van der Waals surface area contributed by atoms with Crippen molar-refractivity contribution in [1.82, 2.24) is 0 Å². The molecule has 3 nitrogen and oxygen atoms in total. The second-order valence-electron chi connectivity index (χ2n) is 4.56. The third-order valence-electron chi connectivity index (χ3n) is 3.36. The summed E-state index contributed by atoms with van der Waals surface area (Å²) in [6.07, 6.45) is 2.78. The first kappa shape index (κ1) is 12.4. The number of nitrogens with one attached hydrogen (secondary N) is 1. The predicted molar refractivity (Wildman–Crippen MR) is 71.1 cm³/mol. The van der Waals surface area contributed by atoms with E-state index in [0.29, 0.717) is 18.2 Å². The molecule has 2 rings (SSSR count). The van der Waals surface area contributed by atoms with E-state index in [1.165, 1.54) is 5.56 Å².